The number of thioether (sulfide) groups is 1. The molecule has 7 heteroatoms. The van der Waals surface area contributed by atoms with Gasteiger partial charge in [0.15, 0.2) is 15.9 Å². The maximum atomic E-state index is 12.5. The predicted molar refractivity (Wildman–Crippen MR) is 79.8 cm³/mol. The highest BCUT2D eigenvalue weighted by Gasteiger charge is 2.24. The SMILES string of the molecule is CC(=O)c1c(C)[nH]c(C(=O)[C@H](C)Sc2nncs2)c1C. The first-order valence-electron chi connectivity index (χ1n) is 6.09. The number of aryl methyl sites for hydroxylation is 1. The smallest absolute Gasteiger partial charge is 0.192 e. The molecule has 0 aliphatic carbocycles. The van der Waals surface area contributed by atoms with Crippen LogP contribution in [0, 0.1) is 13.8 Å². The van der Waals surface area contributed by atoms with Gasteiger partial charge in [0.2, 0.25) is 0 Å². The molecule has 2 aromatic heterocycles. The Balaban J connectivity index is 2.25. The number of hydrogen-bond donors (Lipinski definition) is 1. The normalized spacial score (nSPS) is 12.4. The van der Waals surface area contributed by atoms with Gasteiger partial charge in [0.1, 0.15) is 5.51 Å². The minimum absolute atomic E-state index is 0.0280. The second-order valence-electron chi connectivity index (χ2n) is 4.51. The number of ketones is 2. The number of aromatic amines is 1. The van der Waals surface area contributed by atoms with Crippen LogP contribution < -0.4 is 0 Å². The molecule has 0 unspecified atom stereocenters. The Hall–Kier alpha value is -1.47. The van der Waals surface area contributed by atoms with Gasteiger partial charge in [-0.1, -0.05) is 23.1 Å². The number of Topliss-reactive ketones (excluding diaryl/α,β-unsaturated/α-hetero) is 2. The van der Waals surface area contributed by atoms with Crippen LogP contribution >= 0.6 is 23.1 Å². The molecule has 2 heterocycles. The van der Waals surface area contributed by atoms with E-state index < -0.39 is 0 Å². The molecule has 2 aromatic rings. The minimum atomic E-state index is -0.278. The number of nitrogens with one attached hydrogen (secondary N) is 1. The van der Waals surface area contributed by atoms with Crippen molar-refractivity contribution < 1.29 is 9.59 Å². The largest absolute Gasteiger partial charge is 0.355 e. The van der Waals surface area contributed by atoms with E-state index in [4.69, 9.17) is 0 Å². The summed E-state index contributed by atoms with van der Waals surface area (Å²) in [7, 11) is 0. The van der Waals surface area contributed by atoms with Gasteiger partial charge in [0.05, 0.1) is 10.9 Å². The molecule has 0 amide bonds. The first kappa shape index (κ1) is 14.9. The summed E-state index contributed by atoms with van der Waals surface area (Å²) in [5, 5.41) is 7.39. The Kier molecular flexibility index (Phi) is 4.39. The van der Waals surface area contributed by atoms with E-state index in [1.165, 1.54) is 30.0 Å². The van der Waals surface area contributed by atoms with Gasteiger partial charge in [0.25, 0.3) is 0 Å². The third-order valence-corrected chi connectivity index (χ3v) is 4.93. The fourth-order valence-corrected chi connectivity index (χ4v) is 3.83. The highest BCUT2D eigenvalue weighted by atomic mass is 32.2. The van der Waals surface area contributed by atoms with Gasteiger partial charge < -0.3 is 4.98 Å². The van der Waals surface area contributed by atoms with Crippen molar-refractivity contribution >= 4 is 34.7 Å². The third kappa shape index (κ3) is 2.83. The average molecular weight is 309 g/mol. The molecular formula is C13H15N3O2S2. The molecule has 0 aromatic carbocycles. The van der Waals surface area contributed by atoms with Crippen molar-refractivity contribution in [2.75, 3.05) is 0 Å². The standard InChI is InChI=1S/C13H15N3O2S2/c1-6-10(8(3)17)7(2)15-11(6)12(18)9(4)20-13-16-14-5-19-13/h5,9,15H,1-4H3/t9-/m0/s1. The lowest BCUT2D eigenvalue weighted by Crippen LogP contribution is -2.15. The van der Waals surface area contributed by atoms with Crippen LogP contribution in [0.25, 0.3) is 0 Å². The predicted octanol–water partition coefficient (Wildman–Crippen LogP) is 3.05. The van der Waals surface area contributed by atoms with Crippen molar-refractivity contribution in [1.82, 2.24) is 15.2 Å². The fraction of sp³-hybridized carbons (Fsp3) is 0.385. The van der Waals surface area contributed by atoms with Crippen LogP contribution in [0.15, 0.2) is 9.85 Å². The summed E-state index contributed by atoms with van der Waals surface area (Å²) in [5.74, 6) is -0.0574. The summed E-state index contributed by atoms with van der Waals surface area (Å²) >= 11 is 2.78. The molecule has 0 aliphatic heterocycles. The Morgan fingerprint density at radius 3 is 2.60 bits per heavy atom. The third-order valence-electron chi connectivity index (χ3n) is 3.02. The first-order valence-corrected chi connectivity index (χ1v) is 7.85. The molecule has 106 valence electrons. The zero-order valence-corrected chi connectivity index (χ0v) is 13.3. The maximum Gasteiger partial charge on any atom is 0.192 e. The van der Waals surface area contributed by atoms with Crippen molar-refractivity contribution in [2.24, 2.45) is 0 Å². The van der Waals surface area contributed by atoms with Crippen LogP contribution in [-0.4, -0.2) is 32.0 Å². The second kappa shape index (κ2) is 5.88. The number of nitrogens with zero attached hydrogens (tertiary/aromatic N) is 2. The van der Waals surface area contributed by atoms with Crippen molar-refractivity contribution in [3.8, 4) is 0 Å². The van der Waals surface area contributed by atoms with Crippen LogP contribution in [0.5, 0.6) is 0 Å². The van der Waals surface area contributed by atoms with E-state index in [1.807, 2.05) is 13.8 Å². The van der Waals surface area contributed by atoms with Crippen LogP contribution in [0.1, 0.15) is 46.0 Å². The summed E-state index contributed by atoms with van der Waals surface area (Å²) in [5.41, 5.74) is 4.23. The molecule has 0 saturated heterocycles. The molecule has 0 saturated carbocycles. The Labute approximate surface area is 125 Å². The molecule has 20 heavy (non-hydrogen) atoms. The van der Waals surface area contributed by atoms with E-state index in [0.717, 1.165) is 15.6 Å². The maximum absolute atomic E-state index is 12.5. The van der Waals surface area contributed by atoms with E-state index in [2.05, 4.69) is 15.2 Å². The van der Waals surface area contributed by atoms with E-state index in [9.17, 15) is 9.59 Å². The van der Waals surface area contributed by atoms with Gasteiger partial charge in [-0.25, -0.2) is 0 Å². The zero-order valence-electron chi connectivity index (χ0n) is 11.7. The molecule has 0 spiro atoms. The quantitative estimate of drug-likeness (QED) is 0.678. The van der Waals surface area contributed by atoms with Crippen LogP contribution in [0.3, 0.4) is 0 Å². The van der Waals surface area contributed by atoms with Gasteiger partial charge in [-0.05, 0) is 33.3 Å². The van der Waals surface area contributed by atoms with Crippen molar-refractivity contribution in [1.29, 1.82) is 0 Å². The Morgan fingerprint density at radius 1 is 1.40 bits per heavy atom. The highest BCUT2D eigenvalue weighted by molar-refractivity contribution is 8.02. The highest BCUT2D eigenvalue weighted by Crippen LogP contribution is 2.28. The number of aromatic nitrogens is 3. The van der Waals surface area contributed by atoms with Gasteiger partial charge in [-0.3, -0.25) is 9.59 Å². The van der Waals surface area contributed by atoms with E-state index in [-0.39, 0.29) is 16.8 Å². The lowest BCUT2D eigenvalue weighted by Gasteiger charge is -2.07. The fourth-order valence-electron chi connectivity index (χ4n) is 2.15. The number of rotatable bonds is 5. The van der Waals surface area contributed by atoms with E-state index >= 15 is 0 Å². The summed E-state index contributed by atoms with van der Waals surface area (Å²) in [6, 6.07) is 0. The van der Waals surface area contributed by atoms with Gasteiger partial charge >= 0.3 is 0 Å². The van der Waals surface area contributed by atoms with E-state index in [1.54, 1.807) is 12.4 Å². The summed E-state index contributed by atoms with van der Waals surface area (Å²) < 4.78 is 0.763. The zero-order chi connectivity index (χ0) is 14.9. The molecule has 0 fully saturated rings. The van der Waals surface area contributed by atoms with Gasteiger partial charge in [-0.2, -0.15) is 0 Å². The lowest BCUT2D eigenvalue weighted by molar-refractivity contribution is 0.0988. The Bertz CT molecular complexity index is 647. The molecule has 2 rings (SSSR count). The lowest BCUT2D eigenvalue weighted by atomic mass is 10.0. The average Bonchev–Trinajstić information content (AvgIpc) is 2.96. The number of H-pyrrole nitrogens is 1. The molecule has 1 atom stereocenters. The van der Waals surface area contributed by atoms with Crippen molar-refractivity contribution in [3.05, 3.63) is 28.0 Å². The summed E-state index contributed by atoms with van der Waals surface area (Å²) in [6.45, 7) is 6.95. The molecular weight excluding hydrogens is 294 g/mol. The monoisotopic (exact) mass is 309 g/mol. The summed E-state index contributed by atoms with van der Waals surface area (Å²) in [4.78, 5) is 27.1. The second-order valence-corrected chi connectivity index (χ2v) is 6.93. The van der Waals surface area contributed by atoms with Crippen LogP contribution in [0.4, 0.5) is 0 Å². The van der Waals surface area contributed by atoms with Crippen molar-refractivity contribution in [2.45, 2.75) is 37.3 Å². The molecule has 0 radical (unpaired) electrons. The molecule has 0 aliphatic rings. The molecule has 1 N–H and O–H groups in total. The van der Waals surface area contributed by atoms with E-state index in [0.29, 0.717) is 11.3 Å². The number of carbonyl (C=O) groups excluding carboxylic acids is 2. The molecule has 5 nitrogen and oxygen atoms in total. The Morgan fingerprint density at radius 2 is 2.10 bits per heavy atom. The number of hydrogen-bond acceptors (Lipinski definition) is 6. The molecule has 0 bridgehead atoms. The van der Waals surface area contributed by atoms with Gasteiger partial charge in [0, 0.05) is 11.3 Å². The first-order chi connectivity index (χ1) is 9.41. The topological polar surface area (TPSA) is 75.7 Å². The van der Waals surface area contributed by atoms with Crippen LogP contribution in [-0.2, 0) is 0 Å². The van der Waals surface area contributed by atoms with Crippen molar-refractivity contribution in [3.63, 3.8) is 0 Å². The van der Waals surface area contributed by atoms with Crippen LogP contribution in [0.2, 0.25) is 0 Å². The minimum Gasteiger partial charge on any atom is -0.355 e. The van der Waals surface area contributed by atoms with Gasteiger partial charge in [-0.15, -0.1) is 10.2 Å². The number of carbonyl (C=O) groups is 2. The summed E-state index contributed by atoms with van der Waals surface area (Å²) in [6.07, 6.45) is 0.